The summed E-state index contributed by atoms with van der Waals surface area (Å²) in [6, 6.07) is 13.2. The highest BCUT2D eigenvalue weighted by Crippen LogP contribution is 2.34. The lowest BCUT2D eigenvalue weighted by molar-refractivity contribution is -0.115. The monoisotopic (exact) mass is 469 g/mol. The first-order chi connectivity index (χ1) is 11.0. The van der Waals surface area contributed by atoms with E-state index in [-0.39, 0.29) is 5.91 Å². The van der Waals surface area contributed by atoms with Crippen molar-refractivity contribution in [3.05, 3.63) is 61.9 Å². The average Bonchev–Trinajstić information content (AvgIpc) is 2.80. The Bertz CT molecular complexity index is 837. The van der Waals surface area contributed by atoms with E-state index in [9.17, 15) is 4.79 Å². The molecule has 116 valence electrons. The zero-order valence-electron chi connectivity index (χ0n) is 11.5. The lowest BCUT2D eigenvalue weighted by Crippen LogP contribution is -2.17. The third-order valence-corrected chi connectivity index (χ3v) is 5.08. The molecular formula is C16H9Br2NO2S2. The molecule has 1 aliphatic heterocycles. The fourth-order valence-electron chi connectivity index (χ4n) is 1.94. The number of rotatable bonds is 3. The minimum Gasteiger partial charge on any atom is -0.457 e. The van der Waals surface area contributed by atoms with E-state index in [1.54, 1.807) is 6.08 Å². The van der Waals surface area contributed by atoms with Crippen molar-refractivity contribution in [2.24, 2.45) is 0 Å². The number of amides is 1. The number of hydrogen-bond donors (Lipinski definition) is 1. The summed E-state index contributed by atoms with van der Waals surface area (Å²) < 4.78 is 8.25. The maximum atomic E-state index is 11.8. The number of ether oxygens (including phenoxy) is 1. The largest absolute Gasteiger partial charge is 0.457 e. The van der Waals surface area contributed by atoms with Gasteiger partial charge in [-0.1, -0.05) is 68.0 Å². The number of halogens is 2. The van der Waals surface area contributed by atoms with E-state index in [0.717, 1.165) is 14.5 Å². The Labute approximate surface area is 159 Å². The van der Waals surface area contributed by atoms with Crippen LogP contribution in [-0.2, 0) is 4.79 Å². The van der Waals surface area contributed by atoms with Crippen molar-refractivity contribution in [3.63, 3.8) is 0 Å². The first kappa shape index (κ1) is 16.7. The predicted octanol–water partition coefficient (Wildman–Crippen LogP) is 5.49. The summed E-state index contributed by atoms with van der Waals surface area (Å²) in [5.74, 6) is 1.17. The van der Waals surface area contributed by atoms with E-state index in [2.05, 4.69) is 37.2 Å². The fourth-order valence-corrected chi connectivity index (χ4v) is 3.69. The van der Waals surface area contributed by atoms with Crippen LogP contribution in [0.5, 0.6) is 11.5 Å². The van der Waals surface area contributed by atoms with Gasteiger partial charge in [-0.25, -0.2) is 0 Å². The van der Waals surface area contributed by atoms with Crippen molar-refractivity contribution in [3.8, 4) is 11.5 Å². The molecule has 0 aliphatic carbocycles. The summed E-state index contributed by atoms with van der Waals surface area (Å²) in [5.41, 5.74) is 0.801. The van der Waals surface area contributed by atoms with E-state index in [1.165, 1.54) is 11.8 Å². The SMILES string of the molecule is O=C1NC(=S)S/C1=C\c1ccc(Br)cc1Oc1cccc(Br)c1. The van der Waals surface area contributed by atoms with Gasteiger partial charge in [-0.2, -0.15) is 0 Å². The molecule has 0 bridgehead atoms. The van der Waals surface area contributed by atoms with Crippen LogP contribution in [0.4, 0.5) is 0 Å². The Kier molecular flexibility index (Phi) is 5.21. The molecule has 2 aromatic rings. The minimum absolute atomic E-state index is 0.184. The average molecular weight is 471 g/mol. The highest BCUT2D eigenvalue weighted by molar-refractivity contribution is 9.10. The summed E-state index contributed by atoms with van der Waals surface area (Å²) in [6.07, 6.45) is 1.78. The molecule has 2 aromatic carbocycles. The third-order valence-electron chi connectivity index (χ3n) is 2.93. The van der Waals surface area contributed by atoms with Crippen LogP contribution in [0, 0.1) is 0 Å². The van der Waals surface area contributed by atoms with Crippen molar-refractivity contribution in [2.45, 2.75) is 0 Å². The molecule has 1 amide bonds. The Hall–Kier alpha value is -1.15. The summed E-state index contributed by atoms with van der Waals surface area (Å²) >= 11 is 13.1. The van der Waals surface area contributed by atoms with Crippen LogP contribution in [-0.4, -0.2) is 10.2 Å². The molecule has 3 nitrogen and oxygen atoms in total. The van der Waals surface area contributed by atoms with Gasteiger partial charge in [0.25, 0.3) is 5.91 Å². The highest BCUT2D eigenvalue weighted by atomic mass is 79.9. The highest BCUT2D eigenvalue weighted by Gasteiger charge is 2.22. The van der Waals surface area contributed by atoms with Crippen LogP contribution in [0.1, 0.15) is 5.56 Å². The lowest BCUT2D eigenvalue weighted by atomic mass is 10.2. The second kappa shape index (κ2) is 7.17. The Morgan fingerprint density at radius 2 is 1.91 bits per heavy atom. The van der Waals surface area contributed by atoms with Gasteiger partial charge in [-0.15, -0.1) is 0 Å². The second-order valence-corrected chi connectivity index (χ2v) is 8.14. The van der Waals surface area contributed by atoms with Gasteiger partial charge in [0.15, 0.2) is 0 Å². The molecule has 0 spiro atoms. The molecule has 0 saturated carbocycles. The van der Waals surface area contributed by atoms with Crippen molar-refractivity contribution < 1.29 is 9.53 Å². The van der Waals surface area contributed by atoms with Crippen LogP contribution in [0.15, 0.2) is 56.3 Å². The molecule has 1 heterocycles. The molecule has 1 N–H and O–H groups in total. The van der Waals surface area contributed by atoms with E-state index in [0.29, 0.717) is 20.7 Å². The van der Waals surface area contributed by atoms with Crippen molar-refractivity contribution in [2.75, 3.05) is 0 Å². The van der Waals surface area contributed by atoms with Gasteiger partial charge in [-0.3, -0.25) is 4.79 Å². The van der Waals surface area contributed by atoms with E-state index >= 15 is 0 Å². The number of carbonyl (C=O) groups is 1. The van der Waals surface area contributed by atoms with Crippen molar-refractivity contribution >= 4 is 72.1 Å². The fraction of sp³-hybridized carbons (Fsp3) is 0. The predicted molar refractivity (Wildman–Crippen MR) is 105 cm³/mol. The molecular weight excluding hydrogens is 462 g/mol. The van der Waals surface area contributed by atoms with Crippen molar-refractivity contribution in [1.82, 2.24) is 5.32 Å². The molecule has 3 rings (SSSR count). The first-order valence-corrected chi connectivity index (χ1v) is 9.30. The summed E-state index contributed by atoms with van der Waals surface area (Å²) in [4.78, 5) is 12.4. The number of benzene rings is 2. The summed E-state index contributed by atoms with van der Waals surface area (Å²) in [7, 11) is 0. The maximum Gasteiger partial charge on any atom is 0.263 e. The van der Waals surface area contributed by atoms with Crippen LogP contribution in [0.25, 0.3) is 6.08 Å². The Morgan fingerprint density at radius 1 is 1.13 bits per heavy atom. The number of hydrogen-bond acceptors (Lipinski definition) is 4. The lowest BCUT2D eigenvalue weighted by Gasteiger charge is -2.10. The summed E-state index contributed by atoms with van der Waals surface area (Å²) in [6.45, 7) is 0. The quantitative estimate of drug-likeness (QED) is 0.475. The van der Waals surface area contributed by atoms with Crippen molar-refractivity contribution in [1.29, 1.82) is 0 Å². The van der Waals surface area contributed by atoms with E-state index in [4.69, 9.17) is 17.0 Å². The van der Waals surface area contributed by atoms with E-state index in [1.807, 2.05) is 42.5 Å². The van der Waals surface area contributed by atoms with Gasteiger partial charge in [0.2, 0.25) is 0 Å². The normalized spacial score (nSPS) is 15.8. The number of thioether (sulfide) groups is 1. The van der Waals surface area contributed by atoms with E-state index < -0.39 is 0 Å². The van der Waals surface area contributed by atoms with Gasteiger partial charge >= 0.3 is 0 Å². The zero-order valence-corrected chi connectivity index (χ0v) is 16.3. The van der Waals surface area contributed by atoms with Crippen LogP contribution < -0.4 is 10.1 Å². The molecule has 1 aliphatic rings. The standard InChI is InChI=1S/C16H9Br2NO2S2/c17-10-2-1-3-12(7-10)21-13-8-11(18)5-4-9(13)6-14-15(20)19-16(22)23-14/h1-8H,(H,19,20,22)/b14-6-. The maximum absolute atomic E-state index is 11.8. The third kappa shape index (κ3) is 4.23. The van der Waals surface area contributed by atoms with Crippen LogP contribution in [0.3, 0.4) is 0 Å². The topological polar surface area (TPSA) is 38.3 Å². The molecule has 7 heteroatoms. The number of nitrogens with one attached hydrogen (secondary N) is 1. The Morgan fingerprint density at radius 3 is 2.61 bits per heavy atom. The first-order valence-electron chi connectivity index (χ1n) is 6.49. The van der Waals surface area contributed by atoms with Crippen LogP contribution in [0.2, 0.25) is 0 Å². The molecule has 0 radical (unpaired) electrons. The van der Waals surface area contributed by atoms with Gasteiger partial charge in [0.05, 0.1) is 4.91 Å². The summed E-state index contributed by atoms with van der Waals surface area (Å²) in [5, 5.41) is 2.61. The minimum atomic E-state index is -0.184. The molecule has 1 saturated heterocycles. The molecule has 23 heavy (non-hydrogen) atoms. The smallest absolute Gasteiger partial charge is 0.263 e. The van der Waals surface area contributed by atoms with Crippen LogP contribution >= 0.6 is 55.8 Å². The number of carbonyl (C=O) groups excluding carboxylic acids is 1. The van der Waals surface area contributed by atoms with Gasteiger partial charge in [0, 0.05) is 14.5 Å². The molecule has 0 aromatic heterocycles. The zero-order chi connectivity index (χ0) is 16.4. The van der Waals surface area contributed by atoms with Gasteiger partial charge in [-0.05, 0) is 36.4 Å². The van der Waals surface area contributed by atoms with Gasteiger partial charge in [0.1, 0.15) is 15.8 Å². The second-order valence-electron chi connectivity index (χ2n) is 4.59. The molecule has 0 unspecified atom stereocenters. The molecule has 0 atom stereocenters. The molecule has 1 fully saturated rings. The van der Waals surface area contributed by atoms with Gasteiger partial charge < -0.3 is 10.1 Å². The Balaban J connectivity index is 1.97. The number of thiocarbonyl (C=S) groups is 1.